The third-order valence-electron chi connectivity index (χ3n) is 4.47. The number of hydrogen-bond acceptors (Lipinski definition) is 3. The third kappa shape index (κ3) is 3.19. The van der Waals surface area contributed by atoms with Gasteiger partial charge in [-0.15, -0.1) is 0 Å². The highest BCUT2D eigenvalue weighted by molar-refractivity contribution is 6.01. The highest BCUT2D eigenvalue weighted by Crippen LogP contribution is 2.43. The van der Waals surface area contributed by atoms with Gasteiger partial charge in [-0.05, 0) is 50.9 Å². The first-order chi connectivity index (χ1) is 8.99. The van der Waals surface area contributed by atoms with Gasteiger partial charge in [0, 0.05) is 12.2 Å². The summed E-state index contributed by atoms with van der Waals surface area (Å²) in [5, 5.41) is 0. The van der Waals surface area contributed by atoms with E-state index in [9.17, 15) is 4.79 Å². The first-order valence-electron chi connectivity index (χ1n) is 7.48. The fourth-order valence-electron chi connectivity index (χ4n) is 3.07. The molecule has 1 aliphatic heterocycles. The van der Waals surface area contributed by atoms with Gasteiger partial charge in [0.1, 0.15) is 5.60 Å². The molecule has 0 aromatic heterocycles. The lowest BCUT2D eigenvalue weighted by Crippen LogP contribution is -2.47. The van der Waals surface area contributed by atoms with Crippen molar-refractivity contribution >= 4 is 5.78 Å². The van der Waals surface area contributed by atoms with Crippen molar-refractivity contribution in [3.8, 4) is 0 Å². The van der Waals surface area contributed by atoms with Crippen molar-refractivity contribution in [2.45, 2.75) is 64.9 Å². The molecule has 108 valence electrons. The number of rotatable bonds is 4. The average molecular weight is 266 g/mol. The molecule has 0 radical (unpaired) electrons. The molecular weight excluding hydrogens is 240 g/mol. The molecular formula is C16H26O3. The van der Waals surface area contributed by atoms with Gasteiger partial charge in [-0.2, -0.15) is 0 Å². The van der Waals surface area contributed by atoms with Crippen LogP contribution in [-0.4, -0.2) is 24.6 Å². The van der Waals surface area contributed by atoms with Crippen LogP contribution in [0, 0.1) is 5.41 Å². The minimum atomic E-state index is -0.587. The first-order valence-corrected chi connectivity index (χ1v) is 7.48. The second-order valence-electron chi connectivity index (χ2n) is 6.54. The first kappa shape index (κ1) is 14.6. The second kappa shape index (κ2) is 5.66. The lowest BCUT2D eigenvalue weighted by Gasteiger charge is -2.42. The van der Waals surface area contributed by atoms with E-state index in [4.69, 9.17) is 9.47 Å². The minimum absolute atomic E-state index is 0.171. The monoisotopic (exact) mass is 266 g/mol. The summed E-state index contributed by atoms with van der Waals surface area (Å²) >= 11 is 0. The van der Waals surface area contributed by atoms with Gasteiger partial charge in [0.15, 0.2) is 5.78 Å². The van der Waals surface area contributed by atoms with Crippen LogP contribution >= 0.6 is 0 Å². The van der Waals surface area contributed by atoms with Crippen molar-refractivity contribution < 1.29 is 14.3 Å². The molecule has 0 amide bonds. The Bertz CT molecular complexity index is 358. The predicted octanol–water partition coefficient (Wildman–Crippen LogP) is 3.63. The SMILES string of the molecule is CCOC1(C(=O)C2=COCCC2)CCC(C)(C)CC1. The Hall–Kier alpha value is -0.830. The highest BCUT2D eigenvalue weighted by atomic mass is 16.5. The van der Waals surface area contributed by atoms with E-state index in [0.29, 0.717) is 12.0 Å². The molecule has 1 heterocycles. The van der Waals surface area contributed by atoms with Crippen LogP contribution in [-0.2, 0) is 14.3 Å². The summed E-state index contributed by atoms with van der Waals surface area (Å²) in [5.41, 5.74) is 0.564. The summed E-state index contributed by atoms with van der Waals surface area (Å²) in [6, 6.07) is 0. The van der Waals surface area contributed by atoms with Crippen LogP contribution < -0.4 is 0 Å². The van der Waals surface area contributed by atoms with Crippen LogP contribution in [0.4, 0.5) is 0 Å². The Kier molecular flexibility index (Phi) is 4.34. The van der Waals surface area contributed by atoms with Gasteiger partial charge in [-0.1, -0.05) is 13.8 Å². The van der Waals surface area contributed by atoms with E-state index in [1.54, 1.807) is 6.26 Å². The molecule has 1 fully saturated rings. The quantitative estimate of drug-likeness (QED) is 0.779. The van der Waals surface area contributed by atoms with E-state index in [-0.39, 0.29) is 5.78 Å². The number of hydrogen-bond donors (Lipinski definition) is 0. The molecule has 19 heavy (non-hydrogen) atoms. The Labute approximate surface area is 116 Å². The summed E-state index contributed by atoms with van der Waals surface area (Å²) in [4.78, 5) is 12.8. The summed E-state index contributed by atoms with van der Waals surface area (Å²) < 4.78 is 11.3. The maximum atomic E-state index is 12.8. The number of carbonyl (C=O) groups excluding carboxylic acids is 1. The van der Waals surface area contributed by atoms with Gasteiger partial charge in [0.2, 0.25) is 0 Å². The number of ether oxygens (including phenoxy) is 2. The van der Waals surface area contributed by atoms with Crippen molar-refractivity contribution in [2.75, 3.05) is 13.2 Å². The van der Waals surface area contributed by atoms with Gasteiger partial charge < -0.3 is 9.47 Å². The Morgan fingerprint density at radius 1 is 1.32 bits per heavy atom. The molecule has 3 heteroatoms. The normalized spacial score (nSPS) is 25.3. The van der Waals surface area contributed by atoms with E-state index in [1.807, 2.05) is 6.92 Å². The van der Waals surface area contributed by atoms with Gasteiger partial charge in [-0.25, -0.2) is 0 Å². The van der Waals surface area contributed by atoms with Crippen LogP contribution in [0.1, 0.15) is 59.3 Å². The third-order valence-corrected chi connectivity index (χ3v) is 4.47. The molecule has 2 rings (SSSR count). The molecule has 0 atom stereocenters. The van der Waals surface area contributed by atoms with E-state index < -0.39 is 5.60 Å². The maximum absolute atomic E-state index is 12.8. The van der Waals surface area contributed by atoms with Gasteiger partial charge in [0.25, 0.3) is 0 Å². The van der Waals surface area contributed by atoms with Crippen molar-refractivity contribution in [1.29, 1.82) is 0 Å². The standard InChI is InChI=1S/C16H26O3/c1-4-19-16(9-7-15(2,3)8-10-16)14(17)13-6-5-11-18-12-13/h12H,4-11H2,1-3H3. The van der Waals surface area contributed by atoms with E-state index >= 15 is 0 Å². The molecule has 0 saturated heterocycles. The van der Waals surface area contributed by atoms with Crippen molar-refractivity contribution in [3.63, 3.8) is 0 Å². The summed E-state index contributed by atoms with van der Waals surface area (Å²) in [6.07, 6.45) is 7.20. The van der Waals surface area contributed by atoms with Gasteiger partial charge >= 0.3 is 0 Å². The van der Waals surface area contributed by atoms with Gasteiger partial charge in [-0.3, -0.25) is 4.79 Å². The molecule has 1 saturated carbocycles. The van der Waals surface area contributed by atoms with Crippen LogP contribution in [0.3, 0.4) is 0 Å². The number of carbonyl (C=O) groups is 1. The molecule has 0 unspecified atom stereocenters. The zero-order chi connectivity index (χ0) is 13.9. The molecule has 0 spiro atoms. The fourth-order valence-corrected chi connectivity index (χ4v) is 3.07. The van der Waals surface area contributed by atoms with Crippen molar-refractivity contribution in [3.05, 3.63) is 11.8 Å². The molecule has 2 aliphatic rings. The minimum Gasteiger partial charge on any atom is -0.501 e. The molecule has 1 aliphatic carbocycles. The molecule has 0 aromatic carbocycles. The van der Waals surface area contributed by atoms with Crippen LogP contribution in [0.2, 0.25) is 0 Å². The van der Waals surface area contributed by atoms with Crippen molar-refractivity contribution in [1.82, 2.24) is 0 Å². The van der Waals surface area contributed by atoms with Gasteiger partial charge in [0.05, 0.1) is 12.9 Å². The van der Waals surface area contributed by atoms with E-state index in [2.05, 4.69) is 13.8 Å². The lowest BCUT2D eigenvalue weighted by atomic mass is 9.68. The van der Waals surface area contributed by atoms with Crippen LogP contribution in [0.5, 0.6) is 0 Å². The highest BCUT2D eigenvalue weighted by Gasteiger charge is 2.45. The second-order valence-corrected chi connectivity index (χ2v) is 6.54. The smallest absolute Gasteiger partial charge is 0.193 e. The zero-order valence-corrected chi connectivity index (χ0v) is 12.5. The van der Waals surface area contributed by atoms with E-state index in [1.165, 1.54) is 0 Å². The Morgan fingerprint density at radius 2 is 2.00 bits per heavy atom. The molecule has 0 bridgehead atoms. The molecule has 0 aromatic rings. The Morgan fingerprint density at radius 3 is 2.53 bits per heavy atom. The lowest BCUT2D eigenvalue weighted by molar-refractivity contribution is -0.148. The van der Waals surface area contributed by atoms with E-state index in [0.717, 1.165) is 50.7 Å². The number of Topliss-reactive ketones (excluding diaryl/α,β-unsaturated/α-hetero) is 1. The molecule has 3 nitrogen and oxygen atoms in total. The Balaban J connectivity index is 2.15. The number of ketones is 1. The fraction of sp³-hybridized carbons (Fsp3) is 0.812. The topological polar surface area (TPSA) is 35.5 Å². The summed E-state index contributed by atoms with van der Waals surface area (Å²) in [5.74, 6) is 0.171. The summed E-state index contributed by atoms with van der Waals surface area (Å²) in [6.45, 7) is 7.85. The van der Waals surface area contributed by atoms with Crippen LogP contribution in [0.15, 0.2) is 11.8 Å². The maximum Gasteiger partial charge on any atom is 0.193 e. The van der Waals surface area contributed by atoms with Crippen LogP contribution in [0.25, 0.3) is 0 Å². The predicted molar refractivity (Wildman–Crippen MR) is 74.9 cm³/mol. The van der Waals surface area contributed by atoms with Crippen molar-refractivity contribution in [2.24, 2.45) is 5.41 Å². The average Bonchev–Trinajstić information content (AvgIpc) is 2.42. The molecule has 0 N–H and O–H groups in total. The summed E-state index contributed by atoms with van der Waals surface area (Å²) in [7, 11) is 0. The zero-order valence-electron chi connectivity index (χ0n) is 12.5. The largest absolute Gasteiger partial charge is 0.501 e.